The number of para-hydroxylation sites is 3. The van der Waals surface area contributed by atoms with E-state index in [-0.39, 0.29) is 0 Å². The van der Waals surface area contributed by atoms with Gasteiger partial charge >= 0.3 is 0 Å². The molecule has 0 aliphatic carbocycles. The average molecular weight is 703 g/mol. The van der Waals surface area contributed by atoms with Gasteiger partial charge in [-0.2, -0.15) is 0 Å². The molecule has 55 heavy (non-hydrogen) atoms. The fourth-order valence-corrected chi connectivity index (χ4v) is 7.70. The first-order valence-electron chi connectivity index (χ1n) is 18.5. The van der Waals surface area contributed by atoms with Crippen LogP contribution in [0.2, 0.25) is 0 Å². The summed E-state index contributed by atoms with van der Waals surface area (Å²) in [5.41, 5.74) is 11.0. The Morgan fingerprint density at radius 3 is 1.65 bits per heavy atom. The van der Waals surface area contributed by atoms with Gasteiger partial charge in [-0.1, -0.05) is 158 Å². The first kappa shape index (κ1) is 32.2. The molecule has 10 rings (SSSR count). The molecule has 2 heterocycles. The van der Waals surface area contributed by atoms with E-state index in [4.69, 9.17) is 15.0 Å². The summed E-state index contributed by atoms with van der Waals surface area (Å²) in [5, 5.41) is 5.63. The molecule has 0 radical (unpaired) electrons. The molecule has 4 heteroatoms. The lowest BCUT2D eigenvalue weighted by Crippen LogP contribution is -2.09. The largest absolute Gasteiger partial charge is 0.310 e. The van der Waals surface area contributed by atoms with Crippen LogP contribution in [0.25, 0.3) is 77.6 Å². The fourth-order valence-electron chi connectivity index (χ4n) is 7.70. The van der Waals surface area contributed by atoms with Crippen LogP contribution in [0.15, 0.2) is 206 Å². The molecule has 0 bridgehead atoms. The summed E-state index contributed by atoms with van der Waals surface area (Å²) in [7, 11) is 0. The molecule has 8 aromatic carbocycles. The van der Waals surface area contributed by atoms with Crippen LogP contribution in [0, 0.1) is 0 Å². The minimum absolute atomic E-state index is 0.694. The summed E-state index contributed by atoms with van der Waals surface area (Å²) in [6, 6.07) is 72.0. The van der Waals surface area contributed by atoms with Crippen molar-refractivity contribution in [2.24, 2.45) is 0 Å². The molecule has 0 aliphatic heterocycles. The number of pyridine rings is 1. The van der Waals surface area contributed by atoms with Crippen LogP contribution in [0.5, 0.6) is 0 Å². The zero-order valence-electron chi connectivity index (χ0n) is 29.9. The number of aromatic nitrogens is 3. The molecule has 0 atom stereocenters. The number of hydrogen-bond acceptors (Lipinski definition) is 4. The van der Waals surface area contributed by atoms with E-state index in [2.05, 4.69) is 187 Å². The van der Waals surface area contributed by atoms with Crippen molar-refractivity contribution in [3.05, 3.63) is 206 Å². The Hall–Kier alpha value is -7.43. The van der Waals surface area contributed by atoms with Crippen molar-refractivity contribution in [1.82, 2.24) is 15.0 Å². The number of rotatable bonds is 7. The molecule has 0 saturated carbocycles. The third-order valence-corrected chi connectivity index (χ3v) is 10.2. The highest BCUT2D eigenvalue weighted by atomic mass is 15.1. The van der Waals surface area contributed by atoms with Gasteiger partial charge < -0.3 is 4.90 Å². The number of fused-ring (bicyclic) bond motifs is 5. The minimum Gasteiger partial charge on any atom is -0.310 e. The Balaban J connectivity index is 1.23. The smallest absolute Gasteiger partial charge is 0.160 e. The van der Waals surface area contributed by atoms with Crippen LogP contribution >= 0.6 is 0 Å². The number of hydrogen-bond donors (Lipinski definition) is 0. The van der Waals surface area contributed by atoms with Crippen molar-refractivity contribution in [3.8, 4) is 45.2 Å². The van der Waals surface area contributed by atoms with Crippen molar-refractivity contribution in [2.45, 2.75) is 0 Å². The molecule has 2 aromatic heterocycles. The molecule has 0 saturated heterocycles. The Labute approximate surface area is 319 Å². The molecule has 0 N–H and O–H groups in total. The SMILES string of the molecule is c1ccc(-c2cc(-c3cccc4ccc5c(-c6cccc(N(c7ccccc7)c7ccccc7)c6)nc6ccccc6c5c34)nc(-c3ccccc3)n2)cc1. The highest BCUT2D eigenvalue weighted by Crippen LogP contribution is 2.43. The van der Waals surface area contributed by atoms with Crippen molar-refractivity contribution in [1.29, 1.82) is 0 Å². The van der Waals surface area contributed by atoms with Gasteiger partial charge in [0.15, 0.2) is 5.82 Å². The van der Waals surface area contributed by atoms with E-state index in [0.717, 1.165) is 88.8 Å². The lowest BCUT2D eigenvalue weighted by Gasteiger charge is -2.26. The summed E-state index contributed by atoms with van der Waals surface area (Å²) in [6.07, 6.45) is 0. The quantitative estimate of drug-likeness (QED) is 0.155. The molecular formula is C51H34N4. The zero-order chi connectivity index (χ0) is 36.6. The second-order valence-electron chi connectivity index (χ2n) is 13.6. The van der Waals surface area contributed by atoms with E-state index in [0.29, 0.717) is 5.82 Å². The number of benzene rings is 8. The maximum atomic E-state index is 5.39. The monoisotopic (exact) mass is 702 g/mol. The molecule has 10 aromatic rings. The van der Waals surface area contributed by atoms with Crippen LogP contribution in [-0.4, -0.2) is 15.0 Å². The van der Waals surface area contributed by atoms with E-state index in [1.165, 1.54) is 0 Å². The van der Waals surface area contributed by atoms with Gasteiger partial charge in [-0.15, -0.1) is 0 Å². The summed E-state index contributed by atoms with van der Waals surface area (Å²) < 4.78 is 0. The van der Waals surface area contributed by atoms with E-state index in [9.17, 15) is 0 Å². The average Bonchev–Trinajstić information content (AvgIpc) is 3.27. The summed E-state index contributed by atoms with van der Waals surface area (Å²) in [5.74, 6) is 0.694. The predicted molar refractivity (Wildman–Crippen MR) is 229 cm³/mol. The van der Waals surface area contributed by atoms with Gasteiger partial charge in [-0.25, -0.2) is 15.0 Å². The molecule has 258 valence electrons. The number of anilines is 3. The van der Waals surface area contributed by atoms with Gasteiger partial charge in [-0.3, -0.25) is 0 Å². The second kappa shape index (κ2) is 13.8. The van der Waals surface area contributed by atoms with Crippen LogP contribution < -0.4 is 4.90 Å². The summed E-state index contributed by atoms with van der Waals surface area (Å²) in [4.78, 5) is 18.0. The number of nitrogens with zero attached hydrogens (tertiary/aromatic N) is 4. The molecule has 0 unspecified atom stereocenters. The van der Waals surface area contributed by atoms with Crippen LogP contribution in [0.4, 0.5) is 17.1 Å². The van der Waals surface area contributed by atoms with E-state index < -0.39 is 0 Å². The molecular weight excluding hydrogens is 669 g/mol. The van der Waals surface area contributed by atoms with Gasteiger partial charge in [0.05, 0.1) is 22.6 Å². The van der Waals surface area contributed by atoms with Gasteiger partial charge in [0.1, 0.15) is 0 Å². The van der Waals surface area contributed by atoms with Gasteiger partial charge in [-0.05, 0) is 59.3 Å². The van der Waals surface area contributed by atoms with Crippen LogP contribution in [0.1, 0.15) is 0 Å². The lowest BCUT2D eigenvalue weighted by atomic mass is 9.91. The molecule has 4 nitrogen and oxygen atoms in total. The van der Waals surface area contributed by atoms with E-state index >= 15 is 0 Å². The molecule has 0 spiro atoms. The Kier molecular flexibility index (Phi) is 8.12. The maximum Gasteiger partial charge on any atom is 0.160 e. The highest BCUT2D eigenvalue weighted by molar-refractivity contribution is 6.25. The lowest BCUT2D eigenvalue weighted by molar-refractivity contribution is 1.19. The van der Waals surface area contributed by atoms with E-state index in [1.54, 1.807) is 0 Å². The minimum atomic E-state index is 0.694. The summed E-state index contributed by atoms with van der Waals surface area (Å²) >= 11 is 0. The topological polar surface area (TPSA) is 41.9 Å². The first-order chi connectivity index (χ1) is 27.3. The highest BCUT2D eigenvalue weighted by Gasteiger charge is 2.19. The first-order valence-corrected chi connectivity index (χ1v) is 18.5. The normalized spacial score (nSPS) is 11.3. The Bertz CT molecular complexity index is 2870. The van der Waals surface area contributed by atoms with Crippen molar-refractivity contribution in [3.63, 3.8) is 0 Å². The third kappa shape index (κ3) is 5.96. The molecule has 0 aliphatic rings. The molecule has 0 fully saturated rings. The standard InChI is InChI=1S/C51H34N4/c1-5-17-35(18-6-1)46-34-47(54-51(53-46)37-19-7-2-8-20-37)43-29-16-21-36-31-32-44-49(48(36)43)42-28-13-14-30-45(42)52-50(44)38-22-15-27-41(33-38)55(39-23-9-3-10-24-39)40-25-11-4-12-26-40/h1-34H. The zero-order valence-corrected chi connectivity index (χ0v) is 29.9. The maximum absolute atomic E-state index is 5.39. The van der Waals surface area contributed by atoms with Crippen molar-refractivity contribution >= 4 is 49.5 Å². The second-order valence-corrected chi connectivity index (χ2v) is 13.6. The van der Waals surface area contributed by atoms with Gasteiger partial charge in [0, 0.05) is 55.5 Å². The predicted octanol–water partition coefficient (Wildman–Crippen LogP) is 13.5. The van der Waals surface area contributed by atoms with Crippen molar-refractivity contribution in [2.75, 3.05) is 4.90 Å². The molecule has 0 amide bonds. The third-order valence-electron chi connectivity index (χ3n) is 10.2. The Morgan fingerprint density at radius 2 is 0.927 bits per heavy atom. The summed E-state index contributed by atoms with van der Waals surface area (Å²) in [6.45, 7) is 0. The van der Waals surface area contributed by atoms with Crippen LogP contribution in [-0.2, 0) is 0 Å². The van der Waals surface area contributed by atoms with Crippen LogP contribution in [0.3, 0.4) is 0 Å². The van der Waals surface area contributed by atoms with Gasteiger partial charge in [0.25, 0.3) is 0 Å². The van der Waals surface area contributed by atoms with Crippen molar-refractivity contribution < 1.29 is 0 Å². The van der Waals surface area contributed by atoms with Gasteiger partial charge in [0.2, 0.25) is 0 Å². The van der Waals surface area contributed by atoms with E-state index in [1.807, 2.05) is 24.3 Å². The Morgan fingerprint density at radius 1 is 0.345 bits per heavy atom. The fraction of sp³-hybridized carbons (Fsp3) is 0.